The molecule has 8 heteroatoms. The average Bonchev–Trinajstić information content (AvgIpc) is 2.87. The number of benzene rings is 1. The number of nitrogens with one attached hydrogen (secondary N) is 1. The number of hydrogen-bond donors (Lipinski definition) is 2. The Morgan fingerprint density at radius 2 is 2.21 bits per heavy atom. The van der Waals surface area contributed by atoms with E-state index in [1.54, 1.807) is 0 Å². The van der Waals surface area contributed by atoms with Crippen LogP contribution >= 0.6 is 0 Å². The second kappa shape index (κ2) is 5.53. The van der Waals surface area contributed by atoms with Crippen LogP contribution in [0, 0.1) is 11.6 Å². The summed E-state index contributed by atoms with van der Waals surface area (Å²) in [6, 6.07) is 3.02. The summed E-state index contributed by atoms with van der Waals surface area (Å²) in [6.45, 7) is -0.0143. The molecule has 0 radical (unpaired) electrons. The van der Waals surface area contributed by atoms with Crippen LogP contribution in [0.25, 0.3) is 5.69 Å². The van der Waals surface area contributed by atoms with E-state index in [4.69, 9.17) is 5.73 Å². The second-order valence-electron chi connectivity index (χ2n) is 3.73. The van der Waals surface area contributed by atoms with Gasteiger partial charge in [0.15, 0.2) is 0 Å². The van der Waals surface area contributed by atoms with E-state index < -0.39 is 11.6 Å². The van der Waals surface area contributed by atoms with E-state index in [-0.39, 0.29) is 24.7 Å². The largest absolute Gasteiger partial charge is 0.349 e. The molecule has 1 amide bonds. The number of nitrogens with two attached hydrogens (primary N) is 1. The van der Waals surface area contributed by atoms with Crippen molar-refractivity contribution in [2.75, 3.05) is 6.54 Å². The van der Waals surface area contributed by atoms with Gasteiger partial charge in [0, 0.05) is 6.07 Å². The molecule has 0 atom stereocenters. The zero-order valence-corrected chi connectivity index (χ0v) is 9.81. The molecule has 1 heterocycles. The van der Waals surface area contributed by atoms with E-state index in [2.05, 4.69) is 15.6 Å². The maximum absolute atomic E-state index is 13.5. The molecule has 0 unspecified atom stereocenters. The van der Waals surface area contributed by atoms with Crippen LogP contribution < -0.4 is 11.1 Å². The van der Waals surface area contributed by atoms with Crippen LogP contribution in [0.2, 0.25) is 0 Å². The summed E-state index contributed by atoms with van der Waals surface area (Å²) >= 11 is 0. The van der Waals surface area contributed by atoms with E-state index in [9.17, 15) is 13.6 Å². The first kappa shape index (κ1) is 13.1. The molecule has 2 aromatic rings. The van der Waals surface area contributed by atoms with E-state index in [0.717, 1.165) is 22.9 Å². The zero-order valence-electron chi connectivity index (χ0n) is 9.81. The number of carbonyl (C=O) groups is 1. The zero-order chi connectivity index (χ0) is 13.8. The Bertz CT molecular complexity index is 599. The van der Waals surface area contributed by atoms with Crippen LogP contribution in [0.3, 0.4) is 0 Å². The monoisotopic (exact) mass is 267 g/mol. The highest BCUT2D eigenvalue weighted by Gasteiger charge is 2.09. The average molecular weight is 267 g/mol. The van der Waals surface area contributed by atoms with Crippen molar-refractivity contribution in [2.45, 2.75) is 6.54 Å². The van der Waals surface area contributed by atoms with Gasteiger partial charge in [-0.1, -0.05) is 5.21 Å². The Hall–Kier alpha value is -2.35. The summed E-state index contributed by atoms with van der Waals surface area (Å²) in [5, 5.41) is 9.90. The first-order valence-electron chi connectivity index (χ1n) is 5.43. The molecular weight excluding hydrogens is 256 g/mol. The van der Waals surface area contributed by atoms with Crippen LogP contribution in [-0.2, 0) is 11.3 Å². The fraction of sp³-hybridized carbons (Fsp3) is 0.182. The maximum atomic E-state index is 13.5. The lowest BCUT2D eigenvalue weighted by Crippen LogP contribution is -2.29. The van der Waals surface area contributed by atoms with Crippen LogP contribution in [0.4, 0.5) is 8.78 Å². The minimum Gasteiger partial charge on any atom is -0.349 e. The lowest BCUT2D eigenvalue weighted by Gasteiger charge is -2.01. The molecule has 0 fully saturated rings. The van der Waals surface area contributed by atoms with Gasteiger partial charge in [-0.25, -0.2) is 13.5 Å². The molecule has 0 aliphatic heterocycles. The second-order valence-corrected chi connectivity index (χ2v) is 3.73. The smallest absolute Gasteiger partial charge is 0.234 e. The van der Waals surface area contributed by atoms with Crippen LogP contribution in [0.5, 0.6) is 0 Å². The van der Waals surface area contributed by atoms with Crippen LogP contribution in [0.15, 0.2) is 24.4 Å². The highest BCUT2D eigenvalue weighted by molar-refractivity contribution is 5.77. The fourth-order valence-corrected chi connectivity index (χ4v) is 1.42. The Morgan fingerprint density at radius 1 is 1.42 bits per heavy atom. The van der Waals surface area contributed by atoms with Gasteiger partial charge in [-0.3, -0.25) is 4.79 Å². The molecule has 3 N–H and O–H groups in total. The van der Waals surface area contributed by atoms with Crippen molar-refractivity contribution in [3.05, 3.63) is 41.7 Å². The molecule has 0 bridgehead atoms. The summed E-state index contributed by atoms with van der Waals surface area (Å²) in [5.41, 5.74) is 5.48. The highest BCUT2D eigenvalue weighted by atomic mass is 19.1. The number of rotatable bonds is 4. The number of aromatic nitrogens is 3. The third-order valence-corrected chi connectivity index (χ3v) is 2.35. The molecule has 100 valence electrons. The molecular formula is C11H11F2N5O. The van der Waals surface area contributed by atoms with E-state index >= 15 is 0 Å². The molecule has 19 heavy (non-hydrogen) atoms. The predicted octanol–water partition coefficient (Wildman–Crippen LogP) is 0.120. The lowest BCUT2D eigenvalue weighted by atomic mass is 10.3. The maximum Gasteiger partial charge on any atom is 0.234 e. The van der Waals surface area contributed by atoms with Gasteiger partial charge < -0.3 is 11.1 Å². The number of carbonyl (C=O) groups excluding carboxylic acids is 1. The van der Waals surface area contributed by atoms with Gasteiger partial charge in [0.05, 0.1) is 19.3 Å². The fourth-order valence-electron chi connectivity index (χ4n) is 1.42. The van der Waals surface area contributed by atoms with E-state index in [0.29, 0.717) is 5.69 Å². The summed E-state index contributed by atoms with van der Waals surface area (Å²) < 4.78 is 27.6. The molecule has 0 saturated carbocycles. The summed E-state index contributed by atoms with van der Waals surface area (Å²) in [7, 11) is 0. The number of halogens is 2. The SMILES string of the molecule is NCC(=O)NCc1cn(-c2cc(F)ccc2F)nn1. The Labute approximate surface area is 107 Å². The lowest BCUT2D eigenvalue weighted by molar-refractivity contribution is -0.119. The minimum atomic E-state index is -0.621. The third-order valence-electron chi connectivity index (χ3n) is 2.35. The third kappa shape index (κ3) is 3.10. The van der Waals surface area contributed by atoms with Crippen molar-refractivity contribution in [2.24, 2.45) is 5.73 Å². The highest BCUT2D eigenvalue weighted by Crippen LogP contribution is 2.13. The minimum absolute atomic E-state index is 0.0519. The molecule has 0 saturated heterocycles. The summed E-state index contributed by atoms with van der Waals surface area (Å²) in [5.74, 6) is -1.54. The van der Waals surface area contributed by atoms with Crippen molar-refractivity contribution >= 4 is 5.91 Å². The number of amides is 1. The van der Waals surface area contributed by atoms with Gasteiger partial charge >= 0.3 is 0 Å². The predicted molar refractivity (Wildman–Crippen MR) is 62.2 cm³/mol. The quantitative estimate of drug-likeness (QED) is 0.824. The van der Waals surface area contributed by atoms with E-state index in [1.165, 1.54) is 6.20 Å². The molecule has 0 aliphatic rings. The Balaban J connectivity index is 2.16. The van der Waals surface area contributed by atoms with Crippen molar-refractivity contribution in [1.82, 2.24) is 20.3 Å². The van der Waals surface area contributed by atoms with Crippen molar-refractivity contribution in [1.29, 1.82) is 0 Å². The van der Waals surface area contributed by atoms with Gasteiger partial charge in [-0.15, -0.1) is 5.10 Å². The summed E-state index contributed by atoms with van der Waals surface area (Å²) in [6.07, 6.45) is 1.40. The van der Waals surface area contributed by atoms with Crippen molar-refractivity contribution in [3.63, 3.8) is 0 Å². The van der Waals surface area contributed by atoms with Gasteiger partial charge in [0.2, 0.25) is 5.91 Å². The first-order chi connectivity index (χ1) is 9.10. The Morgan fingerprint density at radius 3 is 2.95 bits per heavy atom. The summed E-state index contributed by atoms with van der Waals surface area (Å²) in [4.78, 5) is 11.0. The number of nitrogens with zero attached hydrogens (tertiary/aromatic N) is 3. The number of hydrogen-bond acceptors (Lipinski definition) is 4. The van der Waals surface area contributed by atoms with Crippen LogP contribution in [0.1, 0.15) is 5.69 Å². The molecule has 2 rings (SSSR count). The van der Waals surface area contributed by atoms with Gasteiger partial charge in [0.25, 0.3) is 0 Å². The van der Waals surface area contributed by atoms with Crippen molar-refractivity contribution < 1.29 is 13.6 Å². The first-order valence-corrected chi connectivity index (χ1v) is 5.43. The van der Waals surface area contributed by atoms with Gasteiger partial charge in [-0.05, 0) is 12.1 Å². The Kier molecular flexibility index (Phi) is 3.81. The topological polar surface area (TPSA) is 85.8 Å². The van der Waals surface area contributed by atoms with Gasteiger partial charge in [-0.2, -0.15) is 0 Å². The molecule has 0 aliphatic carbocycles. The van der Waals surface area contributed by atoms with Gasteiger partial charge in [0.1, 0.15) is 23.0 Å². The molecule has 6 nitrogen and oxygen atoms in total. The van der Waals surface area contributed by atoms with Crippen molar-refractivity contribution in [3.8, 4) is 5.69 Å². The molecule has 1 aromatic carbocycles. The molecule has 1 aromatic heterocycles. The molecule has 0 spiro atoms. The standard InChI is InChI=1S/C11H11F2N5O/c12-7-1-2-9(13)10(3-7)18-6-8(16-17-18)5-15-11(19)4-14/h1-3,6H,4-5,14H2,(H,15,19). The normalized spacial score (nSPS) is 10.5. The van der Waals surface area contributed by atoms with Crippen LogP contribution in [-0.4, -0.2) is 27.4 Å². The van der Waals surface area contributed by atoms with E-state index in [1.807, 2.05) is 0 Å².